The fraction of sp³-hybridized carbons (Fsp3) is 0.462. The lowest BCUT2D eigenvalue weighted by Crippen LogP contribution is -2.24. The second-order valence-electron chi connectivity index (χ2n) is 11.0. The first-order valence-electron chi connectivity index (χ1n) is 11.6. The van der Waals surface area contributed by atoms with Crippen LogP contribution in [0.4, 0.5) is 26.3 Å². The molecule has 0 saturated carbocycles. The highest BCUT2D eigenvalue weighted by Crippen LogP contribution is 2.35. The summed E-state index contributed by atoms with van der Waals surface area (Å²) in [6.07, 6.45) is 0. The molecule has 6 nitrogen and oxygen atoms in total. The fourth-order valence-electron chi connectivity index (χ4n) is 3.08. The third-order valence-corrected chi connectivity index (χ3v) is 9.07. The number of Topliss-reactive ketones (excluding diaryl/α,β-unsaturated/α-hetero) is 2. The monoisotopic (exact) mass is 694 g/mol. The van der Waals surface area contributed by atoms with E-state index >= 15 is 0 Å². The van der Waals surface area contributed by atoms with E-state index in [1.165, 1.54) is 19.1 Å². The van der Waals surface area contributed by atoms with Gasteiger partial charge in [0.05, 0.1) is 15.1 Å². The molecule has 2 aromatic rings. The molecule has 0 unspecified atom stereocenters. The van der Waals surface area contributed by atoms with E-state index in [1.54, 1.807) is 41.5 Å². The minimum atomic E-state index is -5.49. The number of sulfone groups is 2. The second-order valence-corrected chi connectivity index (χ2v) is 15.4. The number of halogens is 7. The average Bonchev–Trinajstić information content (AvgIpc) is 2.80. The Bertz CT molecular complexity index is 1530. The quantitative estimate of drug-likeness (QED) is 0.184. The van der Waals surface area contributed by atoms with Crippen molar-refractivity contribution in [2.75, 3.05) is 5.33 Å². The van der Waals surface area contributed by atoms with Gasteiger partial charge in [-0.25, -0.2) is 16.8 Å². The molecule has 0 aliphatic heterocycles. The largest absolute Gasteiger partial charge is 0.501 e. The van der Waals surface area contributed by atoms with Gasteiger partial charge in [-0.05, 0) is 65.3 Å². The molecule has 0 N–H and O–H groups in total. The van der Waals surface area contributed by atoms with Gasteiger partial charge < -0.3 is 0 Å². The second kappa shape index (κ2) is 12.2. The van der Waals surface area contributed by atoms with Crippen molar-refractivity contribution in [1.82, 2.24) is 0 Å². The molecule has 15 heteroatoms. The van der Waals surface area contributed by atoms with Crippen molar-refractivity contribution in [2.24, 2.45) is 0 Å². The van der Waals surface area contributed by atoms with Crippen molar-refractivity contribution in [3.8, 4) is 0 Å². The SMILES string of the molecule is CC(=O)c1cc(C(C)(C)C)cc(S(=O)(=O)C(F)(F)F)c1.CC(C)(C)c1cc(C(=O)CBr)cc(S(=O)(=O)C(F)(F)F)c1. The van der Waals surface area contributed by atoms with Crippen molar-refractivity contribution < 1.29 is 52.8 Å². The highest BCUT2D eigenvalue weighted by molar-refractivity contribution is 9.09. The average molecular weight is 696 g/mol. The molecule has 0 aliphatic rings. The summed E-state index contributed by atoms with van der Waals surface area (Å²) in [5, 5.41) is -0.105. The van der Waals surface area contributed by atoms with E-state index in [4.69, 9.17) is 0 Å². The first-order chi connectivity index (χ1) is 18.1. The molecule has 0 aromatic heterocycles. The standard InChI is InChI=1S/C13H14BrF3O3S.C13H15F3O3S/c1-12(2,3)9-4-8(11(18)7-14)5-10(6-9)21(19,20)13(15,16)17;1-8(17)9-5-10(12(2,3)4)7-11(6-9)20(18,19)13(14,15)16/h4-6H,7H2,1-3H3;5-7H,1-4H3. The van der Waals surface area contributed by atoms with Gasteiger partial charge in [0.25, 0.3) is 19.7 Å². The van der Waals surface area contributed by atoms with Crippen LogP contribution >= 0.6 is 15.9 Å². The normalized spacial score (nSPS) is 13.3. The van der Waals surface area contributed by atoms with Crippen LogP contribution in [0.5, 0.6) is 0 Å². The van der Waals surface area contributed by atoms with Crippen LogP contribution in [0.3, 0.4) is 0 Å². The summed E-state index contributed by atoms with van der Waals surface area (Å²) in [5.41, 5.74) is -11.4. The van der Waals surface area contributed by atoms with Crippen LogP contribution in [-0.4, -0.2) is 44.7 Å². The van der Waals surface area contributed by atoms with Crippen LogP contribution in [0.2, 0.25) is 0 Å². The molecule has 0 saturated heterocycles. The number of carbonyl (C=O) groups excluding carboxylic acids is 2. The lowest BCUT2D eigenvalue weighted by Gasteiger charge is -2.21. The van der Waals surface area contributed by atoms with Crippen molar-refractivity contribution >= 4 is 47.2 Å². The zero-order valence-corrected chi connectivity index (χ0v) is 26.3. The molecular formula is C26H29BrF6O6S2. The van der Waals surface area contributed by atoms with Crippen LogP contribution in [0.15, 0.2) is 46.2 Å². The summed E-state index contributed by atoms with van der Waals surface area (Å²) >= 11 is 2.92. The Kier molecular flexibility index (Phi) is 10.9. The number of rotatable bonds is 5. The summed E-state index contributed by atoms with van der Waals surface area (Å²) in [5.74, 6) is -0.977. The molecule has 0 spiro atoms. The Morgan fingerprint density at radius 2 is 0.951 bits per heavy atom. The third-order valence-electron chi connectivity index (χ3n) is 5.62. The van der Waals surface area contributed by atoms with Gasteiger partial charge in [-0.2, -0.15) is 26.3 Å². The summed E-state index contributed by atoms with van der Waals surface area (Å²) < 4.78 is 122. The maximum absolute atomic E-state index is 12.7. The summed E-state index contributed by atoms with van der Waals surface area (Å²) in [6, 6.07) is 6.29. The molecule has 230 valence electrons. The first-order valence-corrected chi connectivity index (χ1v) is 15.7. The molecule has 2 aromatic carbocycles. The molecule has 0 aliphatic carbocycles. The molecule has 0 fully saturated rings. The van der Waals surface area contributed by atoms with Crippen molar-refractivity contribution in [2.45, 2.75) is 80.1 Å². The fourth-order valence-corrected chi connectivity index (χ4v) is 5.07. The zero-order chi connectivity index (χ0) is 32.6. The summed E-state index contributed by atoms with van der Waals surface area (Å²) in [6.45, 7) is 11.5. The summed E-state index contributed by atoms with van der Waals surface area (Å²) in [4.78, 5) is 21.3. The van der Waals surface area contributed by atoms with Gasteiger partial charge in [0.1, 0.15) is 0 Å². The minimum absolute atomic E-state index is 0.0553. The molecule has 0 bridgehead atoms. The minimum Gasteiger partial charge on any atom is -0.295 e. The van der Waals surface area contributed by atoms with Gasteiger partial charge in [0, 0.05) is 11.1 Å². The number of ketones is 2. The predicted octanol–water partition coefficient (Wildman–Crippen LogP) is 7.34. The lowest BCUT2D eigenvalue weighted by molar-refractivity contribution is -0.0442. The third kappa shape index (κ3) is 8.87. The van der Waals surface area contributed by atoms with Gasteiger partial charge in [-0.3, -0.25) is 9.59 Å². The van der Waals surface area contributed by atoms with Crippen LogP contribution in [0.25, 0.3) is 0 Å². The van der Waals surface area contributed by atoms with E-state index in [2.05, 4.69) is 15.9 Å². The van der Waals surface area contributed by atoms with E-state index < -0.39 is 62.9 Å². The van der Waals surface area contributed by atoms with Crippen molar-refractivity contribution in [3.63, 3.8) is 0 Å². The van der Waals surface area contributed by atoms with E-state index in [9.17, 15) is 52.8 Å². The molecule has 2 rings (SSSR count). The Morgan fingerprint density at radius 1 is 0.634 bits per heavy atom. The number of hydrogen-bond acceptors (Lipinski definition) is 6. The molecule has 0 radical (unpaired) electrons. The van der Waals surface area contributed by atoms with Crippen LogP contribution < -0.4 is 0 Å². The maximum atomic E-state index is 12.7. The number of carbonyl (C=O) groups is 2. The smallest absolute Gasteiger partial charge is 0.295 e. The Balaban J connectivity index is 0.000000410. The van der Waals surface area contributed by atoms with Crippen LogP contribution in [0.1, 0.15) is 80.3 Å². The summed E-state index contributed by atoms with van der Waals surface area (Å²) in [7, 11) is -11.0. The maximum Gasteiger partial charge on any atom is 0.501 e. The van der Waals surface area contributed by atoms with Crippen molar-refractivity contribution in [1.29, 1.82) is 0 Å². The number of benzene rings is 2. The first kappa shape index (κ1) is 36.8. The van der Waals surface area contributed by atoms with Gasteiger partial charge in [-0.15, -0.1) is 0 Å². The van der Waals surface area contributed by atoms with Crippen molar-refractivity contribution in [3.05, 3.63) is 58.7 Å². The Hall–Kier alpha value is -2.26. The number of hydrogen-bond donors (Lipinski definition) is 0. The van der Waals surface area contributed by atoms with Gasteiger partial charge in [0.15, 0.2) is 11.6 Å². The highest BCUT2D eigenvalue weighted by Gasteiger charge is 2.48. The molecule has 0 amide bonds. The predicted molar refractivity (Wildman–Crippen MR) is 145 cm³/mol. The van der Waals surface area contributed by atoms with E-state index in [0.29, 0.717) is 11.1 Å². The van der Waals surface area contributed by atoms with Gasteiger partial charge in [-0.1, -0.05) is 57.5 Å². The van der Waals surface area contributed by atoms with Crippen LogP contribution in [-0.2, 0) is 30.5 Å². The molecular weight excluding hydrogens is 666 g/mol. The number of alkyl halides is 7. The van der Waals surface area contributed by atoms with E-state index in [1.807, 2.05) is 0 Å². The van der Waals surface area contributed by atoms with Crippen LogP contribution in [0, 0.1) is 0 Å². The zero-order valence-electron chi connectivity index (χ0n) is 23.1. The molecule has 0 heterocycles. The Labute approximate surface area is 243 Å². The molecule has 0 atom stereocenters. The van der Waals surface area contributed by atoms with Gasteiger partial charge >= 0.3 is 11.0 Å². The van der Waals surface area contributed by atoms with E-state index in [-0.39, 0.29) is 16.5 Å². The van der Waals surface area contributed by atoms with Gasteiger partial charge in [0.2, 0.25) is 0 Å². The highest BCUT2D eigenvalue weighted by atomic mass is 79.9. The molecule has 41 heavy (non-hydrogen) atoms. The lowest BCUT2D eigenvalue weighted by atomic mass is 9.86. The topological polar surface area (TPSA) is 102 Å². The van der Waals surface area contributed by atoms with E-state index in [0.717, 1.165) is 24.3 Å². The Morgan fingerprint density at radius 3 is 1.22 bits per heavy atom.